The Labute approximate surface area is 115 Å². The minimum Gasteiger partial charge on any atom is -0.392 e. The van der Waals surface area contributed by atoms with E-state index < -0.39 is 0 Å². The first-order chi connectivity index (χ1) is 9.11. The number of halogens is 1. The largest absolute Gasteiger partial charge is 0.392 e. The summed E-state index contributed by atoms with van der Waals surface area (Å²) >= 11 is 5.75. The molecule has 1 aromatic rings. The number of nitrogen functional groups attached to an aromatic ring is 1. The van der Waals surface area contributed by atoms with Gasteiger partial charge in [0.15, 0.2) is 5.15 Å². The van der Waals surface area contributed by atoms with Crippen molar-refractivity contribution in [1.82, 2.24) is 9.55 Å². The van der Waals surface area contributed by atoms with Crippen LogP contribution in [0.1, 0.15) is 25.3 Å². The third-order valence-corrected chi connectivity index (χ3v) is 4.21. The van der Waals surface area contributed by atoms with E-state index in [1.54, 1.807) is 4.57 Å². The third kappa shape index (κ3) is 2.24. The highest BCUT2D eigenvalue weighted by Crippen LogP contribution is 2.37. The molecular formula is C12H16ClN3O3. The van der Waals surface area contributed by atoms with E-state index in [0.717, 1.165) is 19.3 Å². The van der Waals surface area contributed by atoms with Gasteiger partial charge in [0.2, 0.25) is 0 Å². The molecule has 2 fully saturated rings. The van der Waals surface area contributed by atoms with Crippen LogP contribution in [0.2, 0.25) is 5.15 Å². The lowest BCUT2D eigenvalue weighted by atomic mass is 9.89. The quantitative estimate of drug-likeness (QED) is 0.779. The van der Waals surface area contributed by atoms with Gasteiger partial charge in [-0.2, -0.15) is 0 Å². The fraction of sp³-hybridized carbons (Fsp3) is 0.667. The number of aromatic nitrogens is 2. The summed E-state index contributed by atoms with van der Waals surface area (Å²) in [6, 6.07) is 0.0371. The first-order valence-electron chi connectivity index (χ1n) is 6.35. The topological polar surface area (TPSA) is 79.4 Å². The van der Waals surface area contributed by atoms with Crippen LogP contribution in [0.15, 0.2) is 11.1 Å². The standard InChI is InChI=1S/C12H16ClN3O3/c13-10-9(14)11(17)16(7-15-10)8-1-3-19-12(5-8)2-4-18-6-12/h7-8H,1-6,14H2. The molecular weight excluding hydrogens is 270 g/mol. The molecule has 104 valence electrons. The summed E-state index contributed by atoms with van der Waals surface area (Å²) in [5.41, 5.74) is 5.13. The Morgan fingerprint density at radius 1 is 1.53 bits per heavy atom. The Balaban J connectivity index is 1.90. The molecule has 1 aromatic heterocycles. The van der Waals surface area contributed by atoms with E-state index in [0.29, 0.717) is 19.8 Å². The van der Waals surface area contributed by atoms with Crippen LogP contribution in [0.5, 0.6) is 0 Å². The summed E-state index contributed by atoms with van der Waals surface area (Å²) in [4.78, 5) is 16.1. The van der Waals surface area contributed by atoms with Gasteiger partial charge in [0, 0.05) is 25.7 Å². The smallest absolute Gasteiger partial charge is 0.278 e. The zero-order chi connectivity index (χ0) is 13.5. The summed E-state index contributed by atoms with van der Waals surface area (Å²) in [5.74, 6) is 0. The second kappa shape index (κ2) is 4.77. The van der Waals surface area contributed by atoms with Crippen LogP contribution in [-0.4, -0.2) is 35.0 Å². The maximum atomic E-state index is 12.1. The number of ether oxygens (including phenoxy) is 2. The fourth-order valence-electron chi connectivity index (χ4n) is 2.82. The molecule has 3 rings (SSSR count). The van der Waals surface area contributed by atoms with Crippen molar-refractivity contribution in [2.24, 2.45) is 0 Å². The summed E-state index contributed by atoms with van der Waals surface area (Å²) in [5, 5.41) is 0.0622. The van der Waals surface area contributed by atoms with E-state index in [4.69, 9.17) is 26.8 Å². The monoisotopic (exact) mass is 285 g/mol. The van der Waals surface area contributed by atoms with Gasteiger partial charge in [0.25, 0.3) is 5.56 Å². The van der Waals surface area contributed by atoms with E-state index in [1.807, 2.05) is 0 Å². The van der Waals surface area contributed by atoms with Crippen molar-refractivity contribution in [2.75, 3.05) is 25.6 Å². The first-order valence-corrected chi connectivity index (χ1v) is 6.73. The van der Waals surface area contributed by atoms with Gasteiger partial charge in [-0.05, 0) is 12.8 Å². The maximum absolute atomic E-state index is 12.1. The van der Waals surface area contributed by atoms with Gasteiger partial charge < -0.3 is 15.2 Å². The molecule has 0 aliphatic carbocycles. The molecule has 0 saturated carbocycles. The first kappa shape index (κ1) is 12.9. The van der Waals surface area contributed by atoms with Crippen LogP contribution in [0, 0.1) is 0 Å². The number of anilines is 1. The van der Waals surface area contributed by atoms with Gasteiger partial charge in [0.05, 0.1) is 18.5 Å². The molecule has 3 heterocycles. The molecule has 2 saturated heterocycles. The molecule has 2 atom stereocenters. The van der Waals surface area contributed by atoms with Crippen LogP contribution in [0.25, 0.3) is 0 Å². The number of hydrogen-bond donors (Lipinski definition) is 1. The second-order valence-corrected chi connectivity index (χ2v) is 5.50. The summed E-state index contributed by atoms with van der Waals surface area (Å²) in [7, 11) is 0. The predicted molar refractivity (Wildman–Crippen MR) is 70.3 cm³/mol. The molecule has 0 bridgehead atoms. The predicted octanol–water partition coefficient (Wildman–Crippen LogP) is 0.989. The molecule has 0 aromatic carbocycles. The van der Waals surface area contributed by atoms with Crippen molar-refractivity contribution in [3.8, 4) is 0 Å². The zero-order valence-electron chi connectivity index (χ0n) is 10.5. The van der Waals surface area contributed by atoms with E-state index >= 15 is 0 Å². The van der Waals surface area contributed by atoms with Gasteiger partial charge in [-0.1, -0.05) is 11.6 Å². The highest BCUT2D eigenvalue weighted by molar-refractivity contribution is 6.31. The number of nitrogens with zero attached hydrogens (tertiary/aromatic N) is 2. The summed E-state index contributed by atoms with van der Waals surface area (Å²) < 4.78 is 12.8. The van der Waals surface area contributed by atoms with Gasteiger partial charge in [-0.15, -0.1) is 0 Å². The minimum absolute atomic E-state index is 0.00683. The molecule has 2 aliphatic heterocycles. The summed E-state index contributed by atoms with van der Waals surface area (Å²) in [6.07, 6.45) is 3.86. The van der Waals surface area contributed by atoms with Crippen LogP contribution in [-0.2, 0) is 9.47 Å². The van der Waals surface area contributed by atoms with Crippen molar-refractivity contribution in [2.45, 2.75) is 30.9 Å². The molecule has 6 nitrogen and oxygen atoms in total. The lowest BCUT2D eigenvalue weighted by Gasteiger charge is -2.37. The SMILES string of the molecule is Nc1c(Cl)ncn(C2CCOC3(CCOC3)C2)c1=O. The molecule has 1 spiro atoms. The van der Waals surface area contributed by atoms with Crippen molar-refractivity contribution >= 4 is 17.3 Å². The maximum Gasteiger partial charge on any atom is 0.278 e. The average molecular weight is 286 g/mol. The van der Waals surface area contributed by atoms with Crippen molar-refractivity contribution in [1.29, 1.82) is 0 Å². The van der Waals surface area contributed by atoms with Gasteiger partial charge >= 0.3 is 0 Å². The van der Waals surface area contributed by atoms with Crippen LogP contribution < -0.4 is 11.3 Å². The molecule has 2 unspecified atom stereocenters. The van der Waals surface area contributed by atoms with Crippen molar-refractivity contribution in [3.63, 3.8) is 0 Å². The van der Waals surface area contributed by atoms with Gasteiger partial charge in [-0.3, -0.25) is 9.36 Å². The number of rotatable bonds is 1. The zero-order valence-corrected chi connectivity index (χ0v) is 11.2. The van der Waals surface area contributed by atoms with Crippen molar-refractivity contribution < 1.29 is 9.47 Å². The third-order valence-electron chi connectivity index (χ3n) is 3.91. The van der Waals surface area contributed by atoms with Gasteiger partial charge in [0.1, 0.15) is 5.69 Å². The van der Waals surface area contributed by atoms with Crippen molar-refractivity contribution in [3.05, 3.63) is 21.8 Å². The Kier molecular flexibility index (Phi) is 3.24. The summed E-state index contributed by atoms with van der Waals surface area (Å²) in [6.45, 7) is 1.92. The van der Waals surface area contributed by atoms with Gasteiger partial charge in [-0.25, -0.2) is 4.98 Å². The molecule has 0 amide bonds. The lowest BCUT2D eigenvalue weighted by Crippen LogP contribution is -2.43. The molecule has 19 heavy (non-hydrogen) atoms. The Morgan fingerprint density at radius 3 is 3.11 bits per heavy atom. The average Bonchev–Trinajstić information content (AvgIpc) is 2.84. The van der Waals surface area contributed by atoms with Crippen LogP contribution >= 0.6 is 11.6 Å². The Bertz CT molecular complexity index is 540. The van der Waals surface area contributed by atoms with Crippen LogP contribution in [0.4, 0.5) is 5.69 Å². The Morgan fingerprint density at radius 2 is 2.37 bits per heavy atom. The van der Waals surface area contributed by atoms with E-state index in [2.05, 4.69) is 4.98 Å². The second-order valence-electron chi connectivity index (χ2n) is 5.14. The molecule has 2 N–H and O–H groups in total. The highest BCUT2D eigenvalue weighted by Gasteiger charge is 2.41. The molecule has 2 aliphatic rings. The molecule has 7 heteroatoms. The lowest BCUT2D eigenvalue weighted by molar-refractivity contribution is -0.0953. The van der Waals surface area contributed by atoms with E-state index in [-0.39, 0.29) is 28.0 Å². The number of nitrogens with two attached hydrogens (primary N) is 1. The number of hydrogen-bond acceptors (Lipinski definition) is 5. The van der Waals surface area contributed by atoms with Crippen LogP contribution in [0.3, 0.4) is 0 Å². The Hall–Kier alpha value is -1.11. The fourth-order valence-corrected chi connectivity index (χ4v) is 2.95. The molecule has 0 radical (unpaired) electrons. The highest BCUT2D eigenvalue weighted by atomic mass is 35.5. The normalized spacial score (nSPS) is 30.9. The van der Waals surface area contributed by atoms with E-state index in [1.165, 1.54) is 6.33 Å². The van der Waals surface area contributed by atoms with E-state index in [9.17, 15) is 4.79 Å². The minimum atomic E-state index is -0.277.